The highest BCUT2D eigenvalue weighted by atomic mass is 16.2. The Bertz CT molecular complexity index is 760. The standard InChI is InChI=1S/C17H21N3O3/c1-13-6-8-14(9-7-13)5-3-2-4-11-18-16(22)20-12-10-15(21)19-17(20)23/h6-10,12H,2-5,11H2,1H3,(H,18,22)(H,19,21,23). The molecule has 0 saturated carbocycles. The first-order valence-corrected chi connectivity index (χ1v) is 7.72. The van der Waals surface area contributed by atoms with Gasteiger partial charge in [-0.1, -0.05) is 36.2 Å². The van der Waals surface area contributed by atoms with Crippen LogP contribution in [0.5, 0.6) is 0 Å². The lowest BCUT2D eigenvalue weighted by molar-refractivity contribution is 0.241. The molecule has 1 aromatic carbocycles. The van der Waals surface area contributed by atoms with E-state index in [9.17, 15) is 14.4 Å². The van der Waals surface area contributed by atoms with Crippen molar-refractivity contribution >= 4 is 6.03 Å². The minimum Gasteiger partial charge on any atom is -0.337 e. The number of hydrogen-bond acceptors (Lipinski definition) is 3. The molecule has 0 spiro atoms. The van der Waals surface area contributed by atoms with Crippen LogP contribution < -0.4 is 16.6 Å². The molecule has 0 saturated heterocycles. The van der Waals surface area contributed by atoms with Gasteiger partial charge < -0.3 is 5.32 Å². The fraction of sp³-hybridized carbons (Fsp3) is 0.353. The van der Waals surface area contributed by atoms with E-state index in [1.54, 1.807) is 0 Å². The number of carbonyl (C=O) groups is 1. The van der Waals surface area contributed by atoms with Gasteiger partial charge in [-0.2, -0.15) is 0 Å². The number of H-pyrrole nitrogens is 1. The second kappa shape index (κ2) is 8.12. The predicted octanol–water partition coefficient (Wildman–Crippen LogP) is 1.82. The Hall–Kier alpha value is -2.63. The number of nitrogens with zero attached hydrogens (tertiary/aromatic N) is 1. The van der Waals surface area contributed by atoms with Gasteiger partial charge in [-0.25, -0.2) is 14.2 Å². The van der Waals surface area contributed by atoms with Crippen LogP contribution in [-0.4, -0.2) is 22.1 Å². The van der Waals surface area contributed by atoms with Crippen LogP contribution in [0.4, 0.5) is 4.79 Å². The first kappa shape index (κ1) is 16.7. The van der Waals surface area contributed by atoms with Crippen LogP contribution in [0, 0.1) is 6.92 Å². The van der Waals surface area contributed by atoms with Gasteiger partial charge in [-0.3, -0.25) is 9.78 Å². The number of benzene rings is 1. The molecule has 0 aliphatic heterocycles. The van der Waals surface area contributed by atoms with Gasteiger partial charge in [0.15, 0.2) is 0 Å². The van der Waals surface area contributed by atoms with Gasteiger partial charge in [0.1, 0.15) is 0 Å². The van der Waals surface area contributed by atoms with Crippen LogP contribution in [0.1, 0.15) is 30.4 Å². The molecule has 6 heteroatoms. The minimum atomic E-state index is -0.727. The van der Waals surface area contributed by atoms with E-state index >= 15 is 0 Å². The average molecular weight is 315 g/mol. The third-order valence-corrected chi connectivity index (χ3v) is 3.58. The number of aromatic nitrogens is 2. The first-order chi connectivity index (χ1) is 11.1. The van der Waals surface area contributed by atoms with Crippen LogP contribution in [0.25, 0.3) is 0 Å². The van der Waals surface area contributed by atoms with E-state index in [-0.39, 0.29) is 0 Å². The third kappa shape index (κ3) is 5.25. The number of carbonyl (C=O) groups excluding carboxylic acids is 1. The highest BCUT2D eigenvalue weighted by Gasteiger charge is 2.05. The molecule has 122 valence electrons. The SMILES string of the molecule is Cc1ccc(CCCCCNC(=O)n2ccc(=O)[nH]c2=O)cc1. The lowest BCUT2D eigenvalue weighted by Crippen LogP contribution is -2.39. The number of aromatic amines is 1. The Morgan fingerprint density at radius 3 is 2.52 bits per heavy atom. The Labute approximate surface area is 134 Å². The van der Waals surface area contributed by atoms with Gasteiger partial charge in [0.25, 0.3) is 5.56 Å². The van der Waals surface area contributed by atoms with E-state index in [0.29, 0.717) is 6.54 Å². The second-order valence-corrected chi connectivity index (χ2v) is 5.51. The van der Waals surface area contributed by atoms with E-state index in [0.717, 1.165) is 36.3 Å². The quantitative estimate of drug-likeness (QED) is 0.797. The molecule has 0 unspecified atom stereocenters. The molecule has 0 aliphatic carbocycles. The molecular formula is C17H21N3O3. The van der Waals surface area contributed by atoms with Gasteiger partial charge in [-0.05, 0) is 31.7 Å². The Morgan fingerprint density at radius 2 is 1.83 bits per heavy atom. The summed E-state index contributed by atoms with van der Waals surface area (Å²) in [4.78, 5) is 36.2. The molecule has 1 aromatic heterocycles. The van der Waals surface area contributed by atoms with E-state index < -0.39 is 17.3 Å². The highest BCUT2D eigenvalue weighted by Crippen LogP contribution is 2.08. The summed E-state index contributed by atoms with van der Waals surface area (Å²) in [6.45, 7) is 2.57. The molecular weight excluding hydrogens is 294 g/mol. The molecule has 0 atom stereocenters. The van der Waals surface area contributed by atoms with Crippen molar-refractivity contribution in [1.29, 1.82) is 0 Å². The third-order valence-electron chi connectivity index (χ3n) is 3.58. The number of unbranched alkanes of at least 4 members (excludes halogenated alkanes) is 2. The maximum atomic E-state index is 11.8. The maximum Gasteiger partial charge on any atom is 0.336 e. The molecule has 6 nitrogen and oxygen atoms in total. The minimum absolute atomic E-state index is 0.498. The average Bonchev–Trinajstić information content (AvgIpc) is 2.52. The predicted molar refractivity (Wildman–Crippen MR) is 88.9 cm³/mol. The van der Waals surface area contributed by atoms with Crippen LogP contribution in [0.2, 0.25) is 0 Å². The summed E-state index contributed by atoms with van der Waals surface area (Å²) < 4.78 is 0.855. The fourth-order valence-corrected chi connectivity index (χ4v) is 2.24. The zero-order valence-electron chi connectivity index (χ0n) is 13.2. The molecule has 23 heavy (non-hydrogen) atoms. The molecule has 1 amide bonds. The zero-order valence-corrected chi connectivity index (χ0v) is 13.2. The van der Waals surface area contributed by atoms with Gasteiger partial charge >= 0.3 is 11.7 Å². The molecule has 0 fully saturated rings. The summed E-state index contributed by atoms with van der Waals surface area (Å²) in [6.07, 6.45) is 5.09. The van der Waals surface area contributed by atoms with Crippen molar-refractivity contribution in [2.45, 2.75) is 32.6 Å². The van der Waals surface area contributed by atoms with Gasteiger partial charge in [0, 0.05) is 18.8 Å². The van der Waals surface area contributed by atoms with Crippen molar-refractivity contribution in [3.05, 3.63) is 68.5 Å². The first-order valence-electron chi connectivity index (χ1n) is 7.72. The molecule has 2 aromatic rings. The summed E-state index contributed by atoms with van der Waals surface area (Å²) in [7, 11) is 0. The molecule has 0 bridgehead atoms. The number of nitrogens with one attached hydrogen (secondary N) is 2. The maximum absolute atomic E-state index is 11.8. The normalized spacial score (nSPS) is 10.5. The van der Waals surface area contributed by atoms with Crippen LogP contribution in [-0.2, 0) is 6.42 Å². The van der Waals surface area contributed by atoms with Crippen LogP contribution in [0.3, 0.4) is 0 Å². The number of rotatable bonds is 6. The molecule has 2 rings (SSSR count). The molecule has 0 aliphatic rings. The fourth-order valence-electron chi connectivity index (χ4n) is 2.24. The van der Waals surface area contributed by atoms with E-state index in [1.165, 1.54) is 17.3 Å². The smallest absolute Gasteiger partial charge is 0.336 e. The Balaban J connectivity index is 1.67. The molecule has 1 heterocycles. The number of amides is 1. The number of hydrogen-bond donors (Lipinski definition) is 2. The summed E-state index contributed by atoms with van der Waals surface area (Å²) in [5, 5.41) is 2.67. The van der Waals surface area contributed by atoms with Crippen molar-refractivity contribution in [1.82, 2.24) is 14.9 Å². The summed E-state index contributed by atoms with van der Waals surface area (Å²) in [5.41, 5.74) is 1.33. The van der Waals surface area contributed by atoms with Crippen molar-refractivity contribution in [3.8, 4) is 0 Å². The molecule has 0 radical (unpaired) electrons. The number of aryl methyl sites for hydroxylation is 2. The van der Waals surface area contributed by atoms with Crippen LogP contribution in [0.15, 0.2) is 46.1 Å². The van der Waals surface area contributed by atoms with Crippen molar-refractivity contribution < 1.29 is 4.79 Å². The molecule has 2 N–H and O–H groups in total. The summed E-state index contributed by atoms with van der Waals surface area (Å²) >= 11 is 0. The topological polar surface area (TPSA) is 84.0 Å². The van der Waals surface area contributed by atoms with E-state index in [4.69, 9.17) is 0 Å². The summed E-state index contributed by atoms with van der Waals surface area (Å²) in [5.74, 6) is 0. The van der Waals surface area contributed by atoms with E-state index in [1.807, 2.05) is 4.98 Å². The van der Waals surface area contributed by atoms with Crippen molar-refractivity contribution in [2.75, 3.05) is 6.54 Å². The van der Waals surface area contributed by atoms with Crippen molar-refractivity contribution in [3.63, 3.8) is 0 Å². The lowest BCUT2D eigenvalue weighted by atomic mass is 10.1. The monoisotopic (exact) mass is 315 g/mol. The Morgan fingerprint density at radius 1 is 1.09 bits per heavy atom. The van der Waals surface area contributed by atoms with E-state index in [2.05, 4.69) is 36.5 Å². The highest BCUT2D eigenvalue weighted by molar-refractivity contribution is 5.76. The largest absolute Gasteiger partial charge is 0.337 e. The van der Waals surface area contributed by atoms with Crippen LogP contribution >= 0.6 is 0 Å². The lowest BCUT2D eigenvalue weighted by Gasteiger charge is -2.06. The van der Waals surface area contributed by atoms with Gasteiger partial charge in [0.2, 0.25) is 0 Å². The summed E-state index contributed by atoms with van der Waals surface area (Å²) in [6, 6.07) is 9.11. The Kier molecular flexibility index (Phi) is 5.91. The second-order valence-electron chi connectivity index (χ2n) is 5.51. The zero-order chi connectivity index (χ0) is 16.7. The van der Waals surface area contributed by atoms with Gasteiger partial charge in [-0.15, -0.1) is 0 Å². The van der Waals surface area contributed by atoms with Gasteiger partial charge in [0.05, 0.1) is 0 Å². The van der Waals surface area contributed by atoms with Crippen molar-refractivity contribution in [2.24, 2.45) is 0 Å².